The van der Waals surface area contributed by atoms with Crippen LogP contribution < -0.4 is 11.1 Å². The number of hydrogen-bond donors (Lipinski definition) is 2. The lowest BCUT2D eigenvalue weighted by Crippen LogP contribution is -2.45. The third-order valence-electron chi connectivity index (χ3n) is 3.68. The van der Waals surface area contributed by atoms with E-state index in [-0.39, 0.29) is 5.91 Å². The molecule has 1 aromatic rings. The molecule has 0 spiro atoms. The van der Waals surface area contributed by atoms with Gasteiger partial charge < -0.3 is 11.1 Å². The fourth-order valence-electron chi connectivity index (χ4n) is 1.98. The molecule has 0 atom stereocenters. The molecule has 3 nitrogen and oxygen atoms in total. The van der Waals surface area contributed by atoms with Crippen molar-refractivity contribution in [3.05, 3.63) is 33.8 Å². The quantitative estimate of drug-likeness (QED) is 0.846. The number of hydrogen-bond acceptors (Lipinski definition) is 2. The van der Waals surface area contributed by atoms with E-state index < -0.39 is 5.41 Å². The van der Waals surface area contributed by atoms with Crippen LogP contribution in [-0.4, -0.2) is 12.5 Å². The number of rotatable bonds is 6. The van der Waals surface area contributed by atoms with Gasteiger partial charge in [0.2, 0.25) is 5.91 Å². The van der Waals surface area contributed by atoms with Gasteiger partial charge in [-0.1, -0.05) is 43.1 Å². The molecule has 0 radical (unpaired) electrons. The fraction of sp³-hybridized carbons (Fsp3) is 0.500. The molecular weight excluding hydrogens is 283 g/mol. The Morgan fingerprint density at radius 1 is 1.32 bits per heavy atom. The summed E-state index contributed by atoms with van der Waals surface area (Å²) < 4.78 is 0. The summed E-state index contributed by atoms with van der Waals surface area (Å²) >= 11 is 11.9. The SMILES string of the molecule is CCC(CC)(CN)C(=O)NCc1ccc(Cl)cc1Cl. The molecule has 0 fully saturated rings. The van der Waals surface area contributed by atoms with Gasteiger partial charge in [-0.2, -0.15) is 0 Å². The zero-order valence-corrected chi connectivity index (χ0v) is 12.8. The molecule has 19 heavy (non-hydrogen) atoms. The summed E-state index contributed by atoms with van der Waals surface area (Å²) in [6.45, 7) is 4.69. The van der Waals surface area contributed by atoms with E-state index in [2.05, 4.69) is 5.32 Å². The fourth-order valence-corrected chi connectivity index (χ4v) is 2.46. The predicted octanol–water partition coefficient (Wildman–Crippen LogP) is 3.37. The standard InChI is InChI=1S/C14H20Cl2N2O/c1-3-14(4-2,9-17)13(19)18-8-10-5-6-11(15)7-12(10)16/h5-7H,3-4,8-9,17H2,1-2H3,(H,18,19). The van der Waals surface area contributed by atoms with Crippen molar-refractivity contribution in [2.24, 2.45) is 11.1 Å². The van der Waals surface area contributed by atoms with E-state index in [1.54, 1.807) is 12.1 Å². The molecule has 0 bridgehead atoms. The Morgan fingerprint density at radius 3 is 2.42 bits per heavy atom. The van der Waals surface area contributed by atoms with Crippen LogP contribution in [0.15, 0.2) is 18.2 Å². The normalized spacial score (nSPS) is 11.4. The summed E-state index contributed by atoms with van der Waals surface area (Å²) in [5, 5.41) is 4.04. The number of benzene rings is 1. The average molecular weight is 303 g/mol. The van der Waals surface area contributed by atoms with Crippen LogP contribution in [0, 0.1) is 5.41 Å². The van der Waals surface area contributed by atoms with Crippen molar-refractivity contribution < 1.29 is 4.79 Å². The first-order valence-corrected chi connectivity index (χ1v) is 7.17. The Labute approximate surface area is 124 Å². The van der Waals surface area contributed by atoms with Gasteiger partial charge in [0.15, 0.2) is 0 Å². The van der Waals surface area contributed by atoms with Crippen LogP contribution in [0.3, 0.4) is 0 Å². The van der Waals surface area contributed by atoms with E-state index in [4.69, 9.17) is 28.9 Å². The first kappa shape index (κ1) is 16.3. The highest BCUT2D eigenvalue weighted by atomic mass is 35.5. The summed E-state index contributed by atoms with van der Waals surface area (Å²) in [5.41, 5.74) is 6.10. The van der Waals surface area contributed by atoms with E-state index in [0.717, 1.165) is 18.4 Å². The van der Waals surface area contributed by atoms with Crippen LogP contribution in [0.2, 0.25) is 10.0 Å². The minimum Gasteiger partial charge on any atom is -0.351 e. The number of nitrogens with two attached hydrogens (primary N) is 1. The van der Waals surface area contributed by atoms with Gasteiger partial charge in [-0.15, -0.1) is 0 Å². The Hall–Kier alpha value is -0.770. The Bertz CT molecular complexity index is 437. The molecule has 1 aromatic carbocycles. The van der Waals surface area contributed by atoms with Crippen molar-refractivity contribution in [2.45, 2.75) is 33.2 Å². The minimum atomic E-state index is -0.487. The topological polar surface area (TPSA) is 55.1 Å². The van der Waals surface area contributed by atoms with Gasteiger partial charge in [0.05, 0.1) is 5.41 Å². The molecule has 1 amide bonds. The number of halogens is 2. The zero-order chi connectivity index (χ0) is 14.5. The first-order valence-electron chi connectivity index (χ1n) is 6.41. The molecule has 1 rings (SSSR count). The van der Waals surface area contributed by atoms with Crippen molar-refractivity contribution in [1.82, 2.24) is 5.32 Å². The molecule has 0 aliphatic rings. The molecule has 0 heterocycles. The van der Waals surface area contributed by atoms with Gasteiger partial charge in [0, 0.05) is 23.1 Å². The van der Waals surface area contributed by atoms with E-state index in [0.29, 0.717) is 23.1 Å². The predicted molar refractivity (Wildman–Crippen MR) is 80.4 cm³/mol. The van der Waals surface area contributed by atoms with E-state index in [1.165, 1.54) is 0 Å². The van der Waals surface area contributed by atoms with Crippen LogP contribution in [0.25, 0.3) is 0 Å². The molecular formula is C14H20Cl2N2O. The number of carbonyl (C=O) groups is 1. The van der Waals surface area contributed by atoms with Crippen LogP contribution in [0.4, 0.5) is 0 Å². The first-order chi connectivity index (χ1) is 8.99. The Morgan fingerprint density at radius 2 is 1.95 bits per heavy atom. The molecule has 0 unspecified atom stereocenters. The Kier molecular flexibility index (Phi) is 6.11. The Balaban J connectivity index is 2.73. The maximum absolute atomic E-state index is 12.2. The van der Waals surface area contributed by atoms with Gasteiger partial charge in [-0.05, 0) is 30.5 Å². The smallest absolute Gasteiger partial charge is 0.227 e. The minimum absolute atomic E-state index is 0.0222. The van der Waals surface area contributed by atoms with Crippen LogP contribution >= 0.6 is 23.2 Å². The monoisotopic (exact) mass is 302 g/mol. The second-order valence-electron chi connectivity index (χ2n) is 4.61. The van der Waals surface area contributed by atoms with Crippen LogP contribution in [-0.2, 0) is 11.3 Å². The molecule has 0 saturated carbocycles. The van der Waals surface area contributed by atoms with E-state index in [9.17, 15) is 4.79 Å². The van der Waals surface area contributed by atoms with Crippen molar-refractivity contribution in [3.8, 4) is 0 Å². The van der Waals surface area contributed by atoms with Gasteiger partial charge in [-0.25, -0.2) is 0 Å². The second-order valence-corrected chi connectivity index (χ2v) is 5.45. The van der Waals surface area contributed by atoms with Crippen molar-refractivity contribution in [1.29, 1.82) is 0 Å². The summed E-state index contributed by atoms with van der Waals surface area (Å²) in [6.07, 6.45) is 1.44. The maximum Gasteiger partial charge on any atom is 0.227 e. The summed E-state index contributed by atoms with van der Waals surface area (Å²) in [4.78, 5) is 12.2. The van der Waals surface area contributed by atoms with Gasteiger partial charge >= 0.3 is 0 Å². The average Bonchev–Trinajstić information content (AvgIpc) is 2.40. The highest BCUT2D eigenvalue weighted by Crippen LogP contribution is 2.26. The van der Waals surface area contributed by atoms with Gasteiger partial charge in [0.25, 0.3) is 0 Å². The lowest BCUT2D eigenvalue weighted by Gasteiger charge is -2.28. The summed E-state index contributed by atoms with van der Waals surface area (Å²) in [7, 11) is 0. The lowest BCUT2D eigenvalue weighted by atomic mass is 9.81. The highest BCUT2D eigenvalue weighted by molar-refractivity contribution is 6.35. The molecule has 0 saturated heterocycles. The highest BCUT2D eigenvalue weighted by Gasteiger charge is 2.32. The molecule has 3 N–H and O–H groups in total. The van der Waals surface area contributed by atoms with Gasteiger partial charge in [0.1, 0.15) is 0 Å². The largest absolute Gasteiger partial charge is 0.351 e. The van der Waals surface area contributed by atoms with Crippen molar-refractivity contribution in [3.63, 3.8) is 0 Å². The van der Waals surface area contributed by atoms with Crippen LogP contribution in [0.5, 0.6) is 0 Å². The lowest BCUT2D eigenvalue weighted by molar-refractivity contribution is -0.131. The number of carbonyl (C=O) groups excluding carboxylic acids is 1. The summed E-state index contributed by atoms with van der Waals surface area (Å²) in [5.74, 6) is -0.0222. The van der Waals surface area contributed by atoms with Crippen molar-refractivity contribution in [2.75, 3.05) is 6.54 Å². The number of amides is 1. The van der Waals surface area contributed by atoms with E-state index >= 15 is 0 Å². The second kappa shape index (κ2) is 7.13. The zero-order valence-electron chi connectivity index (χ0n) is 11.3. The number of nitrogens with one attached hydrogen (secondary N) is 1. The molecule has 0 aliphatic heterocycles. The summed E-state index contributed by atoms with van der Waals surface area (Å²) in [6, 6.07) is 5.23. The van der Waals surface area contributed by atoms with Crippen molar-refractivity contribution >= 4 is 29.1 Å². The molecule has 106 valence electrons. The van der Waals surface area contributed by atoms with Crippen LogP contribution in [0.1, 0.15) is 32.3 Å². The van der Waals surface area contributed by atoms with Gasteiger partial charge in [-0.3, -0.25) is 4.79 Å². The maximum atomic E-state index is 12.2. The molecule has 0 aliphatic carbocycles. The third kappa shape index (κ3) is 3.85. The third-order valence-corrected chi connectivity index (χ3v) is 4.27. The molecule has 0 aromatic heterocycles. The molecule has 5 heteroatoms. The van der Waals surface area contributed by atoms with E-state index in [1.807, 2.05) is 19.9 Å².